The Morgan fingerprint density at radius 1 is 1.53 bits per heavy atom. The number of hydrogen-bond acceptors (Lipinski definition) is 3. The molecule has 4 nitrogen and oxygen atoms in total. The summed E-state index contributed by atoms with van der Waals surface area (Å²) in [4.78, 5) is 15.3. The second-order valence-electron chi connectivity index (χ2n) is 3.50. The third kappa shape index (κ3) is 1.48. The van der Waals surface area contributed by atoms with Crippen molar-refractivity contribution in [1.82, 2.24) is 9.55 Å². The second kappa shape index (κ2) is 3.38. The van der Waals surface area contributed by atoms with Crippen LogP contribution in [0.5, 0.6) is 0 Å². The van der Waals surface area contributed by atoms with Gasteiger partial charge in [0.2, 0.25) is 0 Å². The first-order valence-electron chi connectivity index (χ1n) is 4.63. The molecule has 0 saturated carbocycles. The Morgan fingerprint density at radius 2 is 2.27 bits per heavy atom. The topological polar surface area (TPSA) is 44.1 Å². The summed E-state index contributed by atoms with van der Waals surface area (Å²) in [5.74, 6) is -0.407. The number of hydrogen-bond donors (Lipinski definition) is 0. The molecule has 0 bridgehead atoms. The molecule has 0 atom stereocenters. The van der Waals surface area contributed by atoms with Crippen molar-refractivity contribution in [2.75, 3.05) is 7.11 Å². The summed E-state index contributed by atoms with van der Waals surface area (Å²) < 4.78 is 6.59. The number of carbonyl (C=O) groups excluding carboxylic acids is 1. The van der Waals surface area contributed by atoms with Crippen molar-refractivity contribution in [1.29, 1.82) is 0 Å². The van der Waals surface area contributed by atoms with E-state index in [9.17, 15) is 4.79 Å². The Morgan fingerprint density at radius 3 is 2.93 bits per heavy atom. The highest BCUT2D eigenvalue weighted by atomic mass is 16.5. The zero-order valence-corrected chi connectivity index (χ0v) is 8.94. The molecular weight excluding hydrogens is 192 g/mol. The lowest BCUT2D eigenvalue weighted by atomic mass is 10.2. The lowest BCUT2D eigenvalue weighted by molar-refractivity contribution is 0.0594. The molecule has 0 aliphatic rings. The van der Waals surface area contributed by atoms with Crippen molar-refractivity contribution < 1.29 is 9.53 Å². The van der Waals surface area contributed by atoms with Crippen LogP contribution in [0.15, 0.2) is 18.5 Å². The van der Waals surface area contributed by atoms with Gasteiger partial charge in [0.25, 0.3) is 0 Å². The molecule has 0 fully saturated rings. The number of aromatic nitrogens is 2. The van der Waals surface area contributed by atoms with E-state index < -0.39 is 5.97 Å². The summed E-state index contributed by atoms with van der Waals surface area (Å²) in [6.45, 7) is 2.02. The minimum Gasteiger partial charge on any atom is -0.464 e. The highest BCUT2D eigenvalue weighted by molar-refractivity contribution is 5.93. The Labute approximate surface area is 87.5 Å². The van der Waals surface area contributed by atoms with Gasteiger partial charge in [0, 0.05) is 24.8 Å². The third-order valence-corrected chi connectivity index (χ3v) is 2.47. The molecule has 2 aromatic rings. The lowest BCUT2D eigenvalue weighted by Crippen LogP contribution is -2.03. The number of fused-ring (bicyclic) bond motifs is 1. The maximum Gasteiger partial charge on any atom is 0.356 e. The fourth-order valence-electron chi connectivity index (χ4n) is 1.69. The van der Waals surface area contributed by atoms with Gasteiger partial charge >= 0.3 is 5.97 Å². The fraction of sp³-hybridized carbons (Fsp3) is 0.273. The molecule has 78 valence electrons. The van der Waals surface area contributed by atoms with Gasteiger partial charge in [-0.15, -0.1) is 0 Å². The first-order chi connectivity index (χ1) is 7.13. The molecule has 15 heavy (non-hydrogen) atoms. The number of nitrogens with zero attached hydrogens (tertiary/aromatic N) is 2. The van der Waals surface area contributed by atoms with E-state index in [1.54, 1.807) is 12.3 Å². The van der Waals surface area contributed by atoms with E-state index in [1.165, 1.54) is 7.11 Å². The SMILES string of the molecule is COC(=O)c1cc2c(cn1)c(C)cn2C. The predicted molar refractivity (Wildman–Crippen MR) is 56.8 cm³/mol. The van der Waals surface area contributed by atoms with Crippen molar-refractivity contribution in [3.8, 4) is 0 Å². The molecule has 0 aromatic carbocycles. The summed E-state index contributed by atoms with van der Waals surface area (Å²) in [5, 5.41) is 1.06. The summed E-state index contributed by atoms with van der Waals surface area (Å²) in [7, 11) is 3.29. The van der Waals surface area contributed by atoms with Crippen molar-refractivity contribution in [3.63, 3.8) is 0 Å². The van der Waals surface area contributed by atoms with Gasteiger partial charge in [0.15, 0.2) is 0 Å². The summed E-state index contributed by atoms with van der Waals surface area (Å²) >= 11 is 0. The Hall–Kier alpha value is -1.84. The predicted octanol–water partition coefficient (Wildman–Crippen LogP) is 1.67. The van der Waals surface area contributed by atoms with E-state index in [0.29, 0.717) is 5.69 Å². The van der Waals surface area contributed by atoms with Crippen LogP contribution in [0.2, 0.25) is 0 Å². The minimum atomic E-state index is -0.407. The molecule has 0 N–H and O–H groups in total. The van der Waals surface area contributed by atoms with E-state index in [0.717, 1.165) is 16.5 Å². The normalized spacial score (nSPS) is 10.6. The van der Waals surface area contributed by atoms with Gasteiger partial charge < -0.3 is 9.30 Å². The van der Waals surface area contributed by atoms with Crippen LogP contribution in [-0.2, 0) is 11.8 Å². The number of rotatable bonds is 1. The van der Waals surface area contributed by atoms with Gasteiger partial charge in [-0.3, -0.25) is 0 Å². The molecule has 0 aliphatic carbocycles. The van der Waals surface area contributed by atoms with Gasteiger partial charge in [0.05, 0.1) is 12.6 Å². The highest BCUT2D eigenvalue weighted by Gasteiger charge is 2.10. The van der Waals surface area contributed by atoms with Gasteiger partial charge in [-0.25, -0.2) is 9.78 Å². The standard InChI is InChI=1S/C11H12N2O2/c1-7-6-13(2)10-4-9(11(14)15-3)12-5-8(7)10/h4-6H,1-3H3. The van der Waals surface area contributed by atoms with Crippen molar-refractivity contribution in [2.45, 2.75) is 6.92 Å². The molecule has 0 saturated heterocycles. The zero-order valence-electron chi connectivity index (χ0n) is 8.94. The minimum absolute atomic E-state index is 0.339. The molecular formula is C11H12N2O2. The molecule has 2 aromatic heterocycles. The van der Waals surface area contributed by atoms with Crippen molar-refractivity contribution in [3.05, 3.63) is 29.7 Å². The van der Waals surface area contributed by atoms with Gasteiger partial charge in [-0.1, -0.05) is 0 Å². The lowest BCUT2D eigenvalue weighted by Gasteiger charge is -2.00. The summed E-state index contributed by atoms with van der Waals surface area (Å²) in [6.07, 6.45) is 3.71. The van der Waals surface area contributed by atoms with E-state index in [4.69, 9.17) is 0 Å². The highest BCUT2D eigenvalue weighted by Crippen LogP contribution is 2.19. The number of ether oxygens (including phenoxy) is 1. The van der Waals surface area contributed by atoms with E-state index in [2.05, 4.69) is 9.72 Å². The molecule has 0 unspecified atom stereocenters. The van der Waals surface area contributed by atoms with Gasteiger partial charge in [-0.05, 0) is 18.6 Å². The van der Waals surface area contributed by atoms with Crippen molar-refractivity contribution in [2.24, 2.45) is 7.05 Å². The second-order valence-corrected chi connectivity index (χ2v) is 3.50. The van der Waals surface area contributed by atoms with Crippen LogP contribution in [0.1, 0.15) is 16.1 Å². The Bertz CT molecular complexity index is 529. The van der Waals surface area contributed by atoms with Crippen LogP contribution in [-0.4, -0.2) is 22.6 Å². The summed E-state index contributed by atoms with van der Waals surface area (Å²) in [6, 6.07) is 1.74. The number of aryl methyl sites for hydroxylation is 2. The average Bonchev–Trinajstić information content (AvgIpc) is 2.53. The van der Waals surface area contributed by atoms with Crippen LogP contribution in [0, 0.1) is 6.92 Å². The van der Waals surface area contributed by atoms with E-state index in [-0.39, 0.29) is 0 Å². The molecule has 2 rings (SSSR count). The summed E-state index contributed by atoms with van der Waals surface area (Å²) in [5.41, 5.74) is 2.48. The first kappa shape index (κ1) is 9.71. The van der Waals surface area contributed by atoms with Gasteiger partial charge in [-0.2, -0.15) is 0 Å². The van der Waals surface area contributed by atoms with Crippen LogP contribution in [0.4, 0.5) is 0 Å². The fourth-order valence-corrected chi connectivity index (χ4v) is 1.69. The quantitative estimate of drug-likeness (QED) is 0.664. The Balaban J connectivity index is 2.65. The van der Waals surface area contributed by atoms with Crippen LogP contribution in [0.25, 0.3) is 10.9 Å². The molecule has 0 amide bonds. The molecule has 4 heteroatoms. The zero-order chi connectivity index (χ0) is 11.0. The van der Waals surface area contributed by atoms with Crippen LogP contribution < -0.4 is 0 Å². The average molecular weight is 204 g/mol. The number of pyridine rings is 1. The largest absolute Gasteiger partial charge is 0.464 e. The maximum atomic E-state index is 11.3. The molecule has 0 spiro atoms. The first-order valence-corrected chi connectivity index (χ1v) is 4.63. The van der Waals surface area contributed by atoms with E-state index in [1.807, 2.05) is 24.7 Å². The molecule has 2 heterocycles. The number of methoxy groups -OCH3 is 1. The monoisotopic (exact) mass is 204 g/mol. The van der Waals surface area contributed by atoms with Gasteiger partial charge in [0.1, 0.15) is 5.69 Å². The maximum absolute atomic E-state index is 11.3. The Kier molecular flexibility index (Phi) is 2.19. The number of esters is 1. The number of carbonyl (C=O) groups is 1. The van der Waals surface area contributed by atoms with Crippen LogP contribution in [0.3, 0.4) is 0 Å². The van der Waals surface area contributed by atoms with Crippen molar-refractivity contribution >= 4 is 16.9 Å². The van der Waals surface area contributed by atoms with E-state index >= 15 is 0 Å². The third-order valence-electron chi connectivity index (χ3n) is 2.47. The molecule has 0 radical (unpaired) electrons. The van der Waals surface area contributed by atoms with Crippen LogP contribution >= 0.6 is 0 Å². The smallest absolute Gasteiger partial charge is 0.356 e. The molecule has 0 aliphatic heterocycles.